The van der Waals surface area contributed by atoms with Crippen molar-refractivity contribution >= 4 is 5.94 Å². The largest absolute Gasteiger partial charge is 0.231 e. The van der Waals surface area contributed by atoms with Gasteiger partial charge in [0.05, 0.1) is 0 Å². The fourth-order valence-corrected chi connectivity index (χ4v) is 0. The Morgan fingerprint density at radius 3 is 2.20 bits per heavy atom. The maximum absolute atomic E-state index is 10.9. The standard InChI is InChI=1S/C3H3FO/c1-3(4)2-5/h1H3. The Labute approximate surface area is 29.1 Å². The first kappa shape index (κ1) is 4.38. The third-order valence-corrected chi connectivity index (χ3v) is 0.141. The average Bonchev–Trinajstić information content (AvgIpc) is 1.38. The molecular weight excluding hydrogens is 71.0 g/mol. The fourth-order valence-electron chi connectivity index (χ4n) is 0. The molecule has 0 amide bonds. The summed E-state index contributed by atoms with van der Waals surface area (Å²) in [5.41, 5.74) is 0. The lowest BCUT2D eigenvalue weighted by Crippen LogP contribution is -1.52. The van der Waals surface area contributed by atoms with Crippen LogP contribution >= 0.6 is 0 Å². The highest BCUT2D eigenvalue weighted by molar-refractivity contribution is 5.47. The summed E-state index contributed by atoms with van der Waals surface area (Å²) in [5, 5.41) is 0. The third kappa shape index (κ3) is 3.38. The summed E-state index contributed by atoms with van der Waals surface area (Å²) in [7, 11) is 0. The monoisotopic (exact) mass is 74.0 g/mol. The molecule has 0 aromatic heterocycles. The van der Waals surface area contributed by atoms with Gasteiger partial charge in [-0.1, -0.05) is 0 Å². The van der Waals surface area contributed by atoms with Crippen LogP contribution in [0.15, 0.2) is 5.83 Å². The molecule has 0 unspecified atom stereocenters. The zero-order valence-corrected chi connectivity index (χ0v) is 2.79. The van der Waals surface area contributed by atoms with Gasteiger partial charge in [-0.3, -0.25) is 0 Å². The van der Waals surface area contributed by atoms with Crippen LogP contribution in [0.3, 0.4) is 0 Å². The molecule has 0 N–H and O–H groups in total. The summed E-state index contributed by atoms with van der Waals surface area (Å²) < 4.78 is 10.9. The van der Waals surface area contributed by atoms with E-state index in [-0.39, 0.29) is 0 Å². The van der Waals surface area contributed by atoms with Crippen LogP contribution in [0.5, 0.6) is 0 Å². The van der Waals surface area contributed by atoms with E-state index in [0.29, 0.717) is 0 Å². The van der Waals surface area contributed by atoms with Crippen molar-refractivity contribution in [3.05, 3.63) is 5.83 Å². The summed E-state index contributed by atoms with van der Waals surface area (Å²) in [6.45, 7) is 1.05. The molecule has 0 aliphatic carbocycles. The highest BCUT2D eigenvalue weighted by Gasteiger charge is 1.69. The van der Waals surface area contributed by atoms with Crippen LogP contribution in [0.4, 0.5) is 4.39 Å². The minimum Gasteiger partial charge on any atom is -0.231 e. The normalized spacial score (nSPS) is 6.00. The molecule has 0 bridgehead atoms. The van der Waals surface area contributed by atoms with E-state index < -0.39 is 5.83 Å². The first-order valence-corrected chi connectivity index (χ1v) is 1.14. The predicted octanol–water partition coefficient (Wildman–Crippen LogP) is 0.691. The molecule has 0 radical (unpaired) electrons. The molecule has 0 aromatic rings. The Kier molecular flexibility index (Phi) is 1.47. The number of hydrogen-bond acceptors (Lipinski definition) is 1. The van der Waals surface area contributed by atoms with Crippen molar-refractivity contribution in [1.29, 1.82) is 0 Å². The highest BCUT2D eigenvalue weighted by Crippen LogP contribution is 1.78. The summed E-state index contributed by atoms with van der Waals surface area (Å²) in [4.78, 5) is 8.97. The molecule has 0 atom stereocenters. The van der Waals surface area contributed by atoms with Gasteiger partial charge >= 0.3 is 0 Å². The van der Waals surface area contributed by atoms with Gasteiger partial charge in [-0.2, -0.15) is 4.39 Å². The van der Waals surface area contributed by atoms with Gasteiger partial charge in [0.2, 0.25) is 0 Å². The van der Waals surface area contributed by atoms with Crippen molar-refractivity contribution in [3.63, 3.8) is 0 Å². The maximum Gasteiger partial charge on any atom is 0.180 e. The Morgan fingerprint density at radius 2 is 2.20 bits per heavy atom. The van der Waals surface area contributed by atoms with Crippen molar-refractivity contribution in [3.8, 4) is 0 Å². The van der Waals surface area contributed by atoms with Crippen LogP contribution in [-0.2, 0) is 4.79 Å². The molecule has 0 saturated carbocycles. The molecule has 5 heavy (non-hydrogen) atoms. The van der Waals surface area contributed by atoms with Crippen LogP contribution in [0, 0.1) is 0 Å². The van der Waals surface area contributed by atoms with Gasteiger partial charge in [0.25, 0.3) is 0 Å². The number of allylic oxidation sites excluding steroid dienone is 1. The van der Waals surface area contributed by atoms with Crippen molar-refractivity contribution in [1.82, 2.24) is 0 Å². The maximum atomic E-state index is 10.9. The number of hydrogen-bond donors (Lipinski definition) is 0. The zero-order chi connectivity index (χ0) is 4.28. The molecule has 2 heteroatoms. The van der Waals surface area contributed by atoms with Crippen molar-refractivity contribution in [2.45, 2.75) is 6.92 Å². The van der Waals surface area contributed by atoms with Crippen molar-refractivity contribution < 1.29 is 9.18 Å². The lowest BCUT2D eigenvalue weighted by molar-refractivity contribution is 0.551. The second-order valence-electron chi connectivity index (χ2n) is 0.636. The van der Waals surface area contributed by atoms with E-state index in [4.69, 9.17) is 4.79 Å². The van der Waals surface area contributed by atoms with Crippen LogP contribution in [0.25, 0.3) is 0 Å². The third-order valence-electron chi connectivity index (χ3n) is 0.141. The lowest BCUT2D eigenvalue weighted by atomic mass is 10.7. The summed E-state index contributed by atoms with van der Waals surface area (Å²) >= 11 is 0. The van der Waals surface area contributed by atoms with Crippen molar-refractivity contribution in [2.75, 3.05) is 0 Å². The molecule has 0 aliphatic heterocycles. The SMILES string of the molecule is CC(F)=C=O. The molecule has 0 saturated heterocycles. The first-order chi connectivity index (χ1) is 2.27. The molecule has 0 aliphatic rings. The van der Waals surface area contributed by atoms with E-state index in [9.17, 15) is 4.39 Å². The van der Waals surface area contributed by atoms with E-state index in [0.717, 1.165) is 12.9 Å². The minimum absolute atomic E-state index is 0.801. The number of carbonyl (C=O) groups excluding carboxylic acids is 1. The zero-order valence-electron chi connectivity index (χ0n) is 2.79. The van der Waals surface area contributed by atoms with Gasteiger partial charge in [-0.15, -0.1) is 0 Å². The Hall–Kier alpha value is -0.620. The van der Waals surface area contributed by atoms with Crippen LogP contribution in [0.1, 0.15) is 6.92 Å². The molecule has 28 valence electrons. The fraction of sp³-hybridized carbons (Fsp3) is 0.333. The minimum atomic E-state index is -0.801. The summed E-state index contributed by atoms with van der Waals surface area (Å²) in [5.74, 6) is 0.227. The Balaban J connectivity index is 3.60. The van der Waals surface area contributed by atoms with Gasteiger partial charge < -0.3 is 0 Å². The van der Waals surface area contributed by atoms with Gasteiger partial charge in [-0.25, -0.2) is 4.79 Å². The molecule has 0 spiro atoms. The quantitative estimate of drug-likeness (QED) is 0.386. The molecule has 0 rings (SSSR count). The second kappa shape index (κ2) is 1.68. The molecule has 1 nitrogen and oxygen atoms in total. The van der Waals surface area contributed by atoms with E-state index in [1.165, 1.54) is 0 Å². The number of halogens is 1. The summed E-state index contributed by atoms with van der Waals surface area (Å²) in [6, 6.07) is 0. The summed E-state index contributed by atoms with van der Waals surface area (Å²) in [6.07, 6.45) is 0. The lowest BCUT2D eigenvalue weighted by Gasteiger charge is -1.56. The van der Waals surface area contributed by atoms with E-state index >= 15 is 0 Å². The molecule has 0 aromatic carbocycles. The van der Waals surface area contributed by atoms with Gasteiger partial charge in [0, 0.05) is 0 Å². The van der Waals surface area contributed by atoms with Gasteiger partial charge in [0.1, 0.15) is 0 Å². The van der Waals surface area contributed by atoms with E-state index in [1.807, 2.05) is 0 Å². The van der Waals surface area contributed by atoms with Gasteiger partial charge in [-0.05, 0) is 6.92 Å². The smallest absolute Gasteiger partial charge is 0.180 e. The topological polar surface area (TPSA) is 17.1 Å². The second-order valence-corrected chi connectivity index (χ2v) is 0.636. The van der Waals surface area contributed by atoms with E-state index in [1.54, 1.807) is 0 Å². The molecule has 0 heterocycles. The Bertz CT molecular complexity index is 67.0. The predicted molar refractivity (Wildman–Crippen MR) is 16.0 cm³/mol. The molecular formula is C3H3FO. The van der Waals surface area contributed by atoms with Crippen LogP contribution in [-0.4, -0.2) is 5.94 Å². The van der Waals surface area contributed by atoms with E-state index in [2.05, 4.69) is 0 Å². The van der Waals surface area contributed by atoms with Crippen LogP contribution < -0.4 is 0 Å². The van der Waals surface area contributed by atoms with Gasteiger partial charge in [0.15, 0.2) is 11.8 Å². The first-order valence-electron chi connectivity index (χ1n) is 1.14. The average molecular weight is 74.1 g/mol. The van der Waals surface area contributed by atoms with Crippen molar-refractivity contribution in [2.24, 2.45) is 0 Å². The highest BCUT2D eigenvalue weighted by atomic mass is 19.1. The number of rotatable bonds is 0. The van der Waals surface area contributed by atoms with Crippen LogP contribution in [0.2, 0.25) is 0 Å². The molecule has 0 fully saturated rings. The Morgan fingerprint density at radius 1 is 2.00 bits per heavy atom.